The number of benzene rings is 1. The Balaban J connectivity index is 2.14. The lowest BCUT2D eigenvalue weighted by Gasteiger charge is -2.36. The summed E-state index contributed by atoms with van der Waals surface area (Å²) >= 11 is 0. The van der Waals surface area contributed by atoms with E-state index in [9.17, 15) is 18.0 Å². The Bertz CT molecular complexity index is 756. The van der Waals surface area contributed by atoms with Gasteiger partial charge in [0.25, 0.3) is 0 Å². The molecule has 2 rings (SSSR count). The van der Waals surface area contributed by atoms with Gasteiger partial charge in [0.05, 0.1) is 22.8 Å². The third-order valence-corrected chi connectivity index (χ3v) is 3.60. The van der Waals surface area contributed by atoms with Crippen LogP contribution in [0.4, 0.5) is 13.2 Å². The van der Waals surface area contributed by atoms with Crippen LogP contribution in [-0.2, 0) is 15.8 Å². The predicted molar refractivity (Wildman–Crippen MR) is 86.6 cm³/mol. The first-order valence-electron chi connectivity index (χ1n) is 8.02. The second-order valence-corrected chi connectivity index (χ2v) is 6.90. The van der Waals surface area contributed by atoms with Gasteiger partial charge in [-0.2, -0.15) is 18.4 Å². The number of rotatable bonds is 3. The monoisotopic (exact) mass is 368 g/mol. The first-order valence-corrected chi connectivity index (χ1v) is 8.02. The number of hydrogen-bond donors (Lipinski definition) is 0. The van der Waals surface area contributed by atoms with Crippen LogP contribution in [0.15, 0.2) is 23.9 Å². The minimum Gasteiger partial charge on any atom is -0.490 e. The van der Waals surface area contributed by atoms with Gasteiger partial charge in [-0.25, -0.2) is 9.86 Å². The summed E-state index contributed by atoms with van der Waals surface area (Å²) in [5.41, 5.74) is -1.76. The number of piperidine rings is 1. The maximum atomic E-state index is 13.0. The molecule has 0 amide bonds. The zero-order chi connectivity index (χ0) is 19.5. The summed E-state index contributed by atoms with van der Waals surface area (Å²) in [7, 11) is 0. The van der Waals surface area contributed by atoms with Gasteiger partial charge >= 0.3 is 6.18 Å². The number of halogens is 3. The number of ether oxygens (including phenoxy) is 1. The van der Waals surface area contributed by atoms with Crippen LogP contribution in [0.2, 0.25) is 0 Å². The second kappa shape index (κ2) is 7.40. The molecule has 0 aliphatic carbocycles. The molecule has 1 aliphatic heterocycles. The number of carbonyl (C=O) groups excluding carboxylic acids is 1. The maximum Gasteiger partial charge on any atom is 0.417 e. The van der Waals surface area contributed by atoms with E-state index < -0.39 is 29.0 Å². The Morgan fingerprint density at radius 2 is 1.96 bits per heavy atom. The zero-order valence-corrected chi connectivity index (χ0v) is 14.7. The van der Waals surface area contributed by atoms with E-state index in [1.807, 2.05) is 26.7 Å². The Labute approximate surface area is 149 Å². The van der Waals surface area contributed by atoms with Gasteiger partial charge in [0.15, 0.2) is 0 Å². The summed E-state index contributed by atoms with van der Waals surface area (Å²) in [5.74, 6) is 1.81. The Hall–Kier alpha value is -2.49. The highest BCUT2D eigenvalue weighted by molar-refractivity contribution is 5.52. The molecule has 140 valence electrons. The van der Waals surface area contributed by atoms with Gasteiger partial charge in [-0.15, -0.1) is 0 Å². The first kappa shape index (κ1) is 19.8. The van der Waals surface area contributed by atoms with Crippen LogP contribution >= 0.6 is 0 Å². The highest BCUT2D eigenvalue weighted by Crippen LogP contribution is 2.35. The molecule has 1 unspecified atom stereocenters. The van der Waals surface area contributed by atoms with Crippen LogP contribution in [0.5, 0.6) is 5.75 Å². The largest absolute Gasteiger partial charge is 0.490 e. The number of alkyl halides is 3. The molecule has 0 bridgehead atoms. The molecule has 8 heteroatoms. The summed E-state index contributed by atoms with van der Waals surface area (Å²) in [5, 5.41) is 10.3. The molecular weight excluding hydrogens is 349 g/mol. The molecule has 0 radical (unpaired) electrons. The lowest BCUT2D eigenvalue weighted by Crippen LogP contribution is -2.41. The van der Waals surface area contributed by atoms with E-state index in [1.165, 1.54) is 17.2 Å². The van der Waals surface area contributed by atoms with E-state index in [0.29, 0.717) is 13.0 Å². The fourth-order valence-electron chi connectivity index (χ4n) is 2.56. The van der Waals surface area contributed by atoms with E-state index in [2.05, 4.69) is 0 Å². The van der Waals surface area contributed by atoms with Crippen molar-refractivity contribution in [1.82, 2.24) is 5.06 Å². The standard InChI is InChI=1S/C18H19F3N2O3/c1-17(2,3)26-23-7-6-15(8-13(23)11-24)25-14-5-4-12(10-22)16(9-14)18(19,20)21/h4-5,9,15H,6-8H2,1-3H3. The summed E-state index contributed by atoms with van der Waals surface area (Å²) in [6.45, 7) is 5.88. The number of hydrogen-bond acceptors (Lipinski definition) is 5. The molecule has 1 aromatic rings. The van der Waals surface area contributed by atoms with Crippen molar-refractivity contribution in [3.05, 3.63) is 35.0 Å². The third kappa shape index (κ3) is 5.01. The van der Waals surface area contributed by atoms with Crippen molar-refractivity contribution in [2.24, 2.45) is 0 Å². The van der Waals surface area contributed by atoms with Crippen LogP contribution in [0.25, 0.3) is 0 Å². The van der Waals surface area contributed by atoms with Gasteiger partial charge in [-0.05, 0) is 39.0 Å². The van der Waals surface area contributed by atoms with E-state index in [-0.39, 0.29) is 17.9 Å². The minimum atomic E-state index is -4.65. The molecule has 1 atom stereocenters. The zero-order valence-electron chi connectivity index (χ0n) is 14.7. The molecular formula is C18H19F3N2O3. The SMILES string of the molecule is CC(C)(C)ON1CCC(Oc2ccc(C#N)c(C(F)(F)F)c2)CC1=C=O. The van der Waals surface area contributed by atoms with Gasteiger partial charge in [0.2, 0.25) is 0 Å². The second-order valence-electron chi connectivity index (χ2n) is 6.90. The van der Waals surface area contributed by atoms with Crippen LogP contribution in [-0.4, -0.2) is 29.3 Å². The normalized spacial score (nSPS) is 18.3. The van der Waals surface area contributed by atoms with Crippen molar-refractivity contribution >= 4 is 5.94 Å². The van der Waals surface area contributed by atoms with Crippen LogP contribution in [0.1, 0.15) is 44.7 Å². The van der Waals surface area contributed by atoms with Crippen LogP contribution < -0.4 is 4.74 Å². The van der Waals surface area contributed by atoms with Gasteiger partial charge in [-0.3, -0.25) is 4.84 Å². The lowest BCUT2D eigenvalue weighted by molar-refractivity contribution is -0.217. The van der Waals surface area contributed by atoms with Gasteiger partial charge < -0.3 is 4.74 Å². The molecule has 1 saturated heterocycles. The molecule has 0 aromatic heterocycles. The Kier molecular flexibility index (Phi) is 5.65. The maximum absolute atomic E-state index is 13.0. The molecule has 5 nitrogen and oxygen atoms in total. The number of hydroxylamine groups is 2. The smallest absolute Gasteiger partial charge is 0.417 e. The van der Waals surface area contributed by atoms with E-state index in [4.69, 9.17) is 14.8 Å². The van der Waals surface area contributed by atoms with Crippen LogP contribution in [0, 0.1) is 11.3 Å². The van der Waals surface area contributed by atoms with Crippen molar-refractivity contribution < 1.29 is 27.5 Å². The predicted octanol–water partition coefficient (Wildman–Crippen LogP) is 3.87. The van der Waals surface area contributed by atoms with E-state index in [0.717, 1.165) is 12.1 Å². The van der Waals surface area contributed by atoms with E-state index in [1.54, 1.807) is 0 Å². The van der Waals surface area contributed by atoms with Crippen molar-refractivity contribution in [3.8, 4) is 11.8 Å². The van der Waals surface area contributed by atoms with E-state index >= 15 is 0 Å². The summed E-state index contributed by atoms with van der Waals surface area (Å²) in [6, 6.07) is 4.72. The Morgan fingerprint density at radius 1 is 1.27 bits per heavy atom. The third-order valence-electron chi connectivity index (χ3n) is 3.60. The summed E-state index contributed by atoms with van der Waals surface area (Å²) in [6.07, 6.45) is -4.51. The lowest BCUT2D eigenvalue weighted by atomic mass is 10.1. The first-order chi connectivity index (χ1) is 12.0. The molecule has 0 spiro atoms. The molecule has 26 heavy (non-hydrogen) atoms. The number of nitriles is 1. The minimum absolute atomic E-state index is 0.00300. The molecule has 1 aromatic carbocycles. The average Bonchev–Trinajstić information content (AvgIpc) is 2.54. The fraction of sp³-hybridized carbons (Fsp3) is 0.500. The molecule has 1 heterocycles. The van der Waals surface area contributed by atoms with Gasteiger partial charge in [0, 0.05) is 19.4 Å². The molecule has 1 fully saturated rings. The summed E-state index contributed by atoms with van der Waals surface area (Å²) < 4.78 is 44.7. The Morgan fingerprint density at radius 3 is 2.50 bits per heavy atom. The summed E-state index contributed by atoms with van der Waals surface area (Å²) in [4.78, 5) is 16.9. The van der Waals surface area contributed by atoms with Gasteiger partial charge in [-0.1, -0.05) is 0 Å². The van der Waals surface area contributed by atoms with Crippen molar-refractivity contribution in [2.75, 3.05) is 6.54 Å². The molecule has 0 N–H and O–H groups in total. The topological polar surface area (TPSA) is 62.6 Å². The van der Waals surface area contributed by atoms with Crippen molar-refractivity contribution in [1.29, 1.82) is 5.26 Å². The molecule has 0 saturated carbocycles. The van der Waals surface area contributed by atoms with Crippen molar-refractivity contribution in [3.63, 3.8) is 0 Å². The van der Waals surface area contributed by atoms with Crippen LogP contribution in [0.3, 0.4) is 0 Å². The van der Waals surface area contributed by atoms with Gasteiger partial charge in [0.1, 0.15) is 23.5 Å². The number of nitrogens with zero attached hydrogens (tertiary/aromatic N) is 2. The average molecular weight is 368 g/mol. The van der Waals surface area contributed by atoms with Crippen molar-refractivity contribution in [2.45, 2.75) is 51.5 Å². The molecule has 1 aliphatic rings. The fourth-order valence-corrected chi connectivity index (χ4v) is 2.56. The quantitative estimate of drug-likeness (QED) is 0.758. The highest BCUT2D eigenvalue weighted by atomic mass is 19.4. The highest BCUT2D eigenvalue weighted by Gasteiger charge is 2.35.